The molecule has 0 saturated carbocycles. The molecular formula is C13H13F3. The number of halogens is 3. The Bertz CT molecular complexity index is 545. The van der Waals surface area contributed by atoms with Gasteiger partial charge in [-0.05, 0) is 36.4 Å². The molecule has 0 aliphatic heterocycles. The lowest BCUT2D eigenvalue weighted by molar-refractivity contribution is 0.506. The van der Waals surface area contributed by atoms with E-state index in [1.807, 2.05) is 0 Å². The monoisotopic (exact) mass is 226 g/mol. The van der Waals surface area contributed by atoms with E-state index in [4.69, 9.17) is 0 Å². The van der Waals surface area contributed by atoms with E-state index in [9.17, 15) is 13.2 Å². The second-order valence-electron chi connectivity index (χ2n) is 3.62. The fraction of sp³-hybridized carbons (Fsp3) is 0.231. The second kappa shape index (κ2) is 4.16. The maximum absolute atomic E-state index is 13.6. The molecule has 0 unspecified atom stereocenters. The van der Waals surface area contributed by atoms with Crippen molar-refractivity contribution in [2.75, 3.05) is 0 Å². The fourth-order valence-electron chi connectivity index (χ4n) is 1.62. The summed E-state index contributed by atoms with van der Waals surface area (Å²) in [6.45, 7) is 2.97. The lowest BCUT2D eigenvalue weighted by Crippen LogP contribution is -1.95. The molecule has 3 heteroatoms. The molecule has 0 saturated heterocycles. The molecule has 0 fully saturated rings. The van der Waals surface area contributed by atoms with Gasteiger partial charge < -0.3 is 0 Å². The maximum atomic E-state index is 13.6. The highest BCUT2D eigenvalue weighted by atomic mass is 19.2. The normalized spacial score (nSPS) is 10.3. The molecule has 2 aromatic carbocycles. The molecule has 0 spiro atoms. The van der Waals surface area contributed by atoms with Gasteiger partial charge in [-0.3, -0.25) is 0 Å². The average Bonchev–Trinajstić information content (AvgIpc) is 2.20. The number of hydrogen-bond acceptors (Lipinski definition) is 0. The highest BCUT2D eigenvalue weighted by Crippen LogP contribution is 2.27. The van der Waals surface area contributed by atoms with Gasteiger partial charge in [0, 0.05) is 0 Å². The van der Waals surface area contributed by atoms with Crippen molar-refractivity contribution in [3.8, 4) is 0 Å². The van der Waals surface area contributed by atoms with Crippen LogP contribution < -0.4 is 0 Å². The first-order valence-corrected chi connectivity index (χ1v) is 4.55. The average molecular weight is 226 g/mol. The van der Waals surface area contributed by atoms with Gasteiger partial charge in [0.1, 0.15) is 5.82 Å². The summed E-state index contributed by atoms with van der Waals surface area (Å²) in [4.78, 5) is 0. The van der Waals surface area contributed by atoms with Crippen LogP contribution in [0, 0.1) is 31.3 Å². The Morgan fingerprint density at radius 3 is 2.06 bits per heavy atom. The lowest BCUT2D eigenvalue weighted by Gasteiger charge is -2.06. The zero-order valence-corrected chi connectivity index (χ0v) is 8.37. The standard InChI is InChI=1S/C12H9F3.CH4/c1-6-3-4-8-5-7(2)11(14)12(15)9(8)10(6)13;/h3-5H,1-2H3;1H4. The van der Waals surface area contributed by atoms with Crippen molar-refractivity contribution in [1.29, 1.82) is 0 Å². The van der Waals surface area contributed by atoms with Gasteiger partial charge in [0.25, 0.3) is 0 Å². The van der Waals surface area contributed by atoms with E-state index in [0.29, 0.717) is 10.9 Å². The lowest BCUT2D eigenvalue weighted by atomic mass is 10.0. The molecule has 0 radical (unpaired) electrons. The number of hydrogen-bond donors (Lipinski definition) is 0. The smallest absolute Gasteiger partial charge is 0.169 e. The molecule has 0 aromatic heterocycles. The van der Waals surface area contributed by atoms with Crippen LogP contribution in [-0.4, -0.2) is 0 Å². The summed E-state index contributed by atoms with van der Waals surface area (Å²) in [6.07, 6.45) is 0. The topological polar surface area (TPSA) is 0 Å². The second-order valence-corrected chi connectivity index (χ2v) is 3.62. The molecule has 0 amide bonds. The number of fused-ring (bicyclic) bond motifs is 1. The number of rotatable bonds is 0. The molecular weight excluding hydrogens is 213 g/mol. The minimum atomic E-state index is -1.11. The van der Waals surface area contributed by atoms with Crippen LogP contribution in [0.1, 0.15) is 18.6 Å². The van der Waals surface area contributed by atoms with Crippen molar-refractivity contribution < 1.29 is 13.2 Å². The van der Waals surface area contributed by atoms with Crippen LogP contribution in [0.5, 0.6) is 0 Å². The van der Waals surface area contributed by atoms with Gasteiger partial charge in [0.15, 0.2) is 11.6 Å². The molecule has 0 heterocycles. The van der Waals surface area contributed by atoms with Crippen LogP contribution >= 0.6 is 0 Å². The summed E-state index contributed by atoms with van der Waals surface area (Å²) in [6, 6.07) is 4.58. The van der Waals surface area contributed by atoms with Crippen LogP contribution in [0.2, 0.25) is 0 Å². The van der Waals surface area contributed by atoms with Crippen LogP contribution in [0.15, 0.2) is 18.2 Å². The molecule has 0 N–H and O–H groups in total. The third-order valence-electron chi connectivity index (χ3n) is 2.50. The van der Waals surface area contributed by atoms with E-state index < -0.39 is 17.5 Å². The Hall–Kier alpha value is -1.51. The van der Waals surface area contributed by atoms with Gasteiger partial charge in [0.05, 0.1) is 5.39 Å². The zero-order valence-electron chi connectivity index (χ0n) is 8.37. The van der Waals surface area contributed by atoms with E-state index in [1.165, 1.54) is 19.9 Å². The molecule has 0 aliphatic rings. The first-order valence-electron chi connectivity index (χ1n) is 4.55. The Labute approximate surface area is 92.7 Å². The Morgan fingerprint density at radius 1 is 0.812 bits per heavy atom. The highest BCUT2D eigenvalue weighted by molar-refractivity contribution is 5.85. The third kappa shape index (κ3) is 1.66. The summed E-state index contributed by atoms with van der Waals surface area (Å²) >= 11 is 0. The Kier molecular flexibility index (Phi) is 3.27. The molecule has 2 aromatic rings. The quantitative estimate of drug-likeness (QED) is 0.620. The van der Waals surface area contributed by atoms with Crippen LogP contribution in [0.4, 0.5) is 13.2 Å². The summed E-state index contributed by atoms with van der Waals surface area (Å²) in [5.41, 5.74) is 0.493. The van der Waals surface area contributed by atoms with Crippen molar-refractivity contribution in [2.45, 2.75) is 21.3 Å². The molecule has 0 atom stereocenters. The first-order chi connectivity index (χ1) is 7.02. The van der Waals surface area contributed by atoms with Crippen molar-refractivity contribution in [2.24, 2.45) is 0 Å². The predicted molar refractivity (Wildman–Crippen MR) is 60.0 cm³/mol. The van der Waals surface area contributed by atoms with Crippen LogP contribution in [-0.2, 0) is 0 Å². The Balaban J connectivity index is 0.00000128. The molecule has 16 heavy (non-hydrogen) atoms. The van der Waals surface area contributed by atoms with E-state index in [2.05, 4.69) is 0 Å². The minimum absolute atomic E-state index is 0. The van der Waals surface area contributed by atoms with Crippen molar-refractivity contribution >= 4 is 10.8 Å². The molecule has 0 nitrogen and oxygen atoms in total. The van der Waals surface area contributed by atoms with Gasteiger partial charge in [-0.15, -0.1) is 0 Å². The van der Waals surface area contributed by atoms with Crippen molar-refractivity contribution in [1.82, 2.24) is 0 Å². The van der Waals surface area contributed by atoms with Gasteiger partial charge in [-0.1, -0.05) is 19.6 Å². The summed E-state index contributed by atoms with van der Waals surface area (Å²) < 4.78 is 40.3. The van der Waals surface area contributed by atoms with Gasteiger partial charge in [-0.25, -0.2) is 13.2 Å². The van der Waals surface area contributed by atoms with Gasteiger partial charge >= 0.3 is 0 Å². The maximum Gasteiger partial charge on any atom is 0.169 e. The number of aryl methyl sites for hydroxylation is 2. The minimum Gasteiger partial charge on any atom is -0.206 e. The zero-order chi connectivity index (χ0) is 11.2. The SMILES string of the molecule is C.Cc1cc2ccc(C)c(F)c2c(F)c1F. The van der Waals surface area contributed by atoms with Crippen molar-refractivity contribution in [3.05, 3.63) is 46.8 Å². The molecule has 86 valence electrons. The third-order valence-corrected chi connectivity index (χ3v) is 2.50. The molecule has 0 bridgehead atoms. The fourth-order valence-corrected chi connectivity index (χ4v) is 1.62. The highest BCUT2D eigenvalue weighted by Gasteiger charge is 2.15. The van der Waals surface area contributed by atoms with E-state index in [1.54, 1.807) is 12.1 Å². The summed E-state index contributed by atoms with van der Waals surface area (Å²) in [5, 5.41) is 0.118. The summed E-state index contributed by atoms with van der Waals surface area (Å²) in [7, 11) is 0. The largest absolute Gasteiger partial charge is 0.206 e. The first kappa shape index (κ1) is 12.6. The van der Waals surface area contributed by atoms with Crippen LogP contribution in [0.25, 0.3) is 10.8 Å². The van der Waals surface area contributed by atoms with Crippen LogP contribution in [0.3, 0.4) is 0 Å². The predicted octanol–water partition coefficient (Wildman–Crippen LogP) is 4.51. The Morgan fingerprint density at radius 2 is 1.44 bits per heavy atom. The van der Waals surface area contributed by atoms with Gasteiger partial charge in [-0.2, -0.15) is 0 Å². The van der Waals surface area contributed by atoms with E-state index >= 15 is 0 Å². The van der Waals surface area contributed by atoms with E-state index in [-0.39, 0.29) is 18.4 Å². The summed E-state index contributed by atoms with van der Waals surface area (Å²) in [5.74, 6) is -2.78. The molecule has 0 aliphatic carbocycles. The van der Waals surface area contributed by atoms with Crippen molar-refractivity contribution in [3.63, 3.8) is 0 Å². The molecule has 2 rings (SSSR count). The van der Waals surface area contributed by atoms with E-state index in [0.717, 1.165) is 0 Å². The number of benzene rings is 2. The van der Waals surface area contributed by atoms with Gasteiger partial charge in [0.2, 0.25) is 0 Å².